The molecule has 0 amide bonds. The summed E-state index contributed by atoms with van der Waals surface area (Å²) in [5.74, 6) is 0. The van der Waals surface area contributed by atoms with Crippen molar-refractivity contribution in [3.63, 3.8) is 0 Å². The summed E-state index contributed by atoms with van der Waals surface area (Å²) in [6.07, 6.45) is 0. The molecule has 117 heavy (non-hydrogen) atoms. The van der Waals surface area contributed by atoms with Crippen molar-refractivity contribution in [2.75, 3.05) is 9.80 Å². The zero-order chi connectivity index (χ0) is 77.5. The molecule has 3 heterocycles. The first-order valence-corrected chi connectivity index (χ1v) is 40.1. The van der Waals surface area contributed by atoms with Gasteiger partial charge in [-0.2, -0.15) is 0 Å². The number of benzene rings is 19. The Morgan fingerprint density at radius 3 is 0.684 bits per heavy atom. The monoisotopic (exact) mass is 1490 g/mol. The van der Waals surface area contributed by atoms with Gasteiger partial charge in [0.1, 0.15) is 0 Å². The summed E-state index contributed by atoms with van der Waals surface area (Å²) in [6.45, 7) is 0. The molecule has 3 aromatic heterocycles. The fourth-order valence-electron chi connectivity index (χ4n) is 17.4. The number of nitrogens with zero attached hydrogens (tertiary/aromatic N) is 5. The number of rotatable bonds is 15. The van der Waals surface area contributed by atoms with E-state index in [1.807, 2.05) is 0 Å². The van der Waals surface area contributed by atoms with E-state index in [0.717, 1.165) is 34.1 Å². The predicted molar refractivity (Wildman–Crippen MR) is 495 cm³/mol. The van der Waals surface area contributed by atoms with E-state index in [4.69, 9.17) is 0 Å². The van der Waals surface area contributed by atoms with Gasteiger partial charge in [0.2, 0.25) is 0 Å². The molecular formula is C112H77N5. The second kappa shape index (κ2) is 30.2. The van der Waals surface area contributed by atoms with Crippen LogP contribution in [-0.2, 0) is 0 Å². The fraction of sp³-hybridized carbons (Fsp3) is 0. The Bertz CT molecular complexity index is 7050. The normalized spacial score (nSPS) is 11.4. The van der Waals surface area contributed by atoms with E-state index in [1.165, 1.54) is 160 Å². The molecule has 0 radical (unpaired) electrons. The molecule has 550 valence electrons. The van der Waals surface area contributed by atoms with Crippen LogP contribution in [0.4, 0.5) is 34.1 Å². The molecule has 0 saturated heterocycles. The molecule has 0 saturated carbocycles. The van der Waals surface area contributed by atoms with Crippen molar-refractivity contribution in [1.82, 2.24) is 13.7 Å². The number of fused-ring (bicyclic) bond motifs is 10. The molecule has 22 rings (SSSR count). The van der Waals surface area contributed by atoms with Crippen molar-refractivity contribution >= 4 is 110 Å². The highest BCUT2D eigenvalue weighted by Crippen LogP contribution is 2.45. The number of hydrogen-bond donors (Lipinski definition) is 0. The van der Waals surface area contributed by atoms with Gasteiger partial charge < -0.3 is 23.5 Å². The van der Waals surface area contributed by atoms with Gasteiger partial charge in [0.15, 0.2) is 0 Å². The smallest absolute Gasteiger partial charge is 0.0541 e. The summed E-state index contributed by atoms with van der Waals surface area (Å²) in [5, 5.41) is 9.95. The summed E-state index contributed by atoms with van der Waals surface area (Å²) in [6, 6.07) is 169. The molecule has 0 fully saturated rings. The van der Waals surface area contributed by atoms with Crippen LogP contribution in [0, 0.1) is 0 Å². The number of hydrogen-bond acceptors (Lipinski definition) is 2. The summed E-state index contributed by atoms with van der Waals surface area (Å²) in [5.41, 5.74) is 31.8. The van der Waals surface area contributed by atoms with E-state index in [1.54, 1.807) is 0 Å². The minimum atomic E-state index is 1.10. The van der Waals surface area contributed by atoms with Crippen molar-refractivity contribution in [3.8, 4) is 83.8 Å². The van der Waals surface area contributed by atoms with Crippen LogP contribution < -0.4 is 9.80 Å². The Labute approximate surface area is 680 Å². The lowest BCUT2D eigenvalue weighted by Gasteiger charge is -2.27. The van der Waals surface area contributed by atoms with Crippen molar-refractivity contribution in [2.24, 2.45) is 0 Å². The lowest BCUT2D eigenvalue weighted by atomic mass is 9.98. The second-order valence-electron chi connectivity index (χ2n) is 30.0. The predicted octanol–water partition coefficient (Wildman–Crippen LogP) is 30.8. The molecule has 5 nitrogen and oxygen atoms in total. The topological polar surface area (TPSA) is 21.3 Å². The lowest BCUT2D eigenvalue weighted by Crippen LogP contribution is -2.10. The van der Waals surface area contributed by atoms with Crippen molar-refractivity contribution in [2.45, 2.75) is 0 Å². The molecule has 0 unspecified atom stereocenters. The zero-order valence-corrected chi connectivity index (χ0v) is 64.2. The molecule has 0 aliphatic heterocycles. The van der Waals surface area contributed by atoms with E-state index in [9.17, 15) is 0 Å². The van der Waals surface area contributed by atoms with Gasteiger partial charge in [-0.1, -0.05) is 309 Å². The van der Waals surface area contributed by atoms with Crippen LogP contribution >= 0.6 is 0 Å². The van der Waals surface area contributed by atoms with E-state index in [2.05, 4.69) is 491 Å². The quantitative estimate of drug-likeness (QED) is 0.102. The highest BCUT2D eigenvalue weighted by molar-refractivity contribution is 6.13. The first kappa shape index (κ1) is 69.4. The molecule has 0 bridgehead atoms. The number of anilines is 6. The van der Waals surface area contributed by atoms with Crippen LogP contribution in [0.5, 0.6) is 0 Å². The minimum absolute atomic E-state index is 1.10. The molecule has 0 aliphatic rings. The van der Waals surface area contributed by atoms with Gasteiger partial charge in [-0.15, -0.1) is 0 Å². The summed E-state index contributed by atoms with van der Waals surface area (Å²) >= 11 is 0. The average molecular weight is 1490 g/mol. The molecular weight excluding hydrogens is 1420 g/mol. The molecule has 0 atom stereocenters. The van der Waals surface area contributed by atoms with E-state index < -0.39 is 0 Å². The van der Waals surface area contributed by atoms with Crippen LogP contribution in [0.1, 0.15) is 0 Å². The Kier molecular flexibility index (Phi) is 17.9. The molecule has 5 heteroatoms. The first-order chi connectivity index (χ1) is 58.0. The third-order valence-corrected chi connectivity index (χ3v) is 23.1. The first-order valence-electron chi connectivity index (χ1n) is 40.1. The van der Waals surface area contributed by atoms with E-state index in [0.29, 0.717) is 0 Å². The maximum Gasteiger partial charge on any atom is 0.0541 e. The lowest BCUT2D eigenvalue weighted by molar-refractivity contribution is 1.18. The number of para-hydroxylation sites is 6. The van der Waals surface area contributed by atoms with Crippen LogP contribution in [0.25, 0.3) is 160 Å². The number of aromatic nitrogens is 3. The van der Waals surface area contributed by atoms with Gasteiger partial charge in [0, 0.05) is 83.2 Å². The van der Waals surface area contributed by atoms with Gasteiger partial charge in [0.25, 0.3) is 0 Å². The maximum atomic E-state index is 2.39. The minimum Gasteiger partial charge on any atom is -0.311 e. The maximum absolute atomic E-state index is 2.39. The second-order valence-corrected chi connectivity index (χ2v) is 30.0. The van der Waals surface area contributed by atoms with Crippen molar-refractivity contribution in [3.05, 3.63) is 467 Å². The Balaban J connectivity index is 0.000000146. The SMILES string of the molecule is c1ccc(-c2ccc(N(c3ccc(-c4ccccc4)cc3)c3ccc(-c4ccc(-c5ccc6c(c5)c5ccccc5n6-c5ccccc5)cc4)cc3)cc2)cc1.c1ccc(-n2c3ccccc3c3cc(-c4ccc(N(c5ccc(-c6ccc7c(c6)c6ccccc6n7-c6ccccc6)cc5)c5cccc6ccccc56)cc4)ccc32)cc1. The highest BCUT2D eigenvalue weighted by atomic mass is 15.1. The Hall–Kier alpha value is -15.6. The van der Waals surface area contributed by atoms with Gasteiger partial charge in [0.05, 0.1) is 38.8 Å². The molecule has 0 aliphatic carbocycles. The van der Waals surface area contributed by atoms with Crippen LogP contribution in [0.3, 0.4) is 0 Å². The van der Waals surface area contributed by atoms with Crippen molar-refractivity contribution in [1.29, 1.82) is 0 Å². The van der Waals surface area contributed by atoms with E-state index >= 15 is 0 Å². The van der Waals surface area contributed by atoms with Crippen LogP contribution in [-0.4, -0.2) is 13.7 Å². The molecule has 22 aromatic rings. The van der Waals surface area contributed by atoms with Crippen molar-refractivity contribution < 1.29 is 0 Å². The molecule has 19 aromatic carbocycles. The van der Waals surface area contributed by atoms with Gasteiger partial charge in [-0.3, -0.25) is 0 Å². The molecule has 0 N–H and O–H groups in total. The standard InChI is InChI=1S/C58H39N3.C54H38N2/c1-3-16-45(17-4-1)60-55-23-11-9-21-50(55)52-38-43(30-36-57(52)60)40-26-32-47(33-27-40)59(54-25-13-15-42-14-7-8-20-49(42)54)48-34-28-41(29-35-48)44-31-37-58-53(39-44)51-22-10-12-24-56(51)61(58)46-18-5-2-6-19-46;1-4-12-39(13-5-1)42-24-31-48(32-25-42)55(49-33-26-43(27-34-49)40-14-6-2-7-15-40)50-35-28-44(29-36-50)41-20-22-45(23-21-41)46-30-37-54-52(38-46)51-18-10-11-19-53(51)56(54)47-16-8-3-9-17-47/h1-39H;1-38H. The summed E-state index contributed by atoms with van der Waals surface area (Å²) < 4.78 is 7.10. The van der Waals surface area contributed by atoms with Crippen LogP contribution in [0.2, 0.25) is 0 Å². The fourth-order valence-corrected chi connectivity index (χ4v) is 17.4. The van der Waals surface area contributed by atoms with Crippen LogP contribution in [0.15, 0.2) is 467 Å². The highest BCUT2D eigenvalue weighted by Gasteiger charge is 2.22. The van der Waals surface area contributed by atoms with E-state index in [-0.39, 0.29) is 0 Å². The summed E-state index contributed by atoms with van der Waals surface area (Å²) in [7, 11) is 0. The third kappa shape index (κ3) is 13.0. The zero-order valence-electron chi connectivity index (χ0n) is 64.2. The molecule has 0 spiro atoms. The Morgan fingerprint density at radius 1 is 0.137 bits per heavy atom. The average Bonchev–Trinajstić information content (AvgIpc) is 1.53. The summed E-state index contributed by atoms with van der Waals surface area (Å²) in [4.78, 5) is 4.73. The van der Waals surface area contributed by atoms with Gasteiger partial charge in [-0.05, 0) is 230 Å². The third-order valence-electron chi connectivity index (χ3n) is 23.1. The Morgan fingerprint density at radius 2 is 0.359 bits per heavy atom. The van der Waals surface area contributed by atoms with Gasteiger partial charge >= 0.3 is 0 Å². The largest absolute Gasteiger partial charge is 0.311 e. The van der Waals surface area contributed by atoms with Gasteiger partial charge in [-0.25, -0.2) is 0 Å².